The first-order valence-electron chi connectivity index (χ1n) is 8.17. The van der Waals surface area contributed by atoms with Crippen molar-refractivity contribution in [1.29, 1.82) is 0 Å². The van der Waals surface area contributed by atoms with Gasteiger partial charge in [-0.15, -0.1) is 0 Å². The average Bonchev–Trinajstić information content (AvgIpc) is 2.69. The predicted octanol–water partition coefficient (Wildman–Crippen LogP) is 3.13. The van der Waals surface area contributed by atoms with Crippen molar-refractivity contribution in [2.45, 2.75) is 70.4 Å². The molecule has 0 aliphatic heterocycles. The summed E-state index contributed by atoms with van der Waals surface area (Å²) in [4.78, 5) is 0. The molecule has 0 bridgehead atoms. The Hall–Kier alpha value is -0.120. The molecule has 1 N–H and O–H groups in total. The summed E-state index contributed by atoms with van der Waals surface area (Å²) in [5.74, 6) is 0. The predicted molar refractivity (Wildman–Crippen MR) is 78.4 cm³/mol. The second-order valence-corrected chi connectivity index (χ2v) is 6.24. The molecule has 2 fully saturated rings. The maximum atomic E-state index is 6.11. The highest BCUT2D eigenvalue weighted by Crippen LogP contribution is 2.52. The quantitative estimate of drug-likeness (QED) is 0.720. The lowest BCUT2D eigenvalue weighted by Crippen LogP contribution is -2.63. The fourth-order valence-electron chi connectivity index (χ4n) is 3.92. The minimum Gasteiger partial charge on any atom is -0.382 e. The van der Waals surface area contributed by atoms with E-state index in [9.17, 15) is 0 Å². The molecule has 2 aliphatic rings. The van der Waals surface area contributed by atoms with E-state index in [0.29, 0.717) is 17.6 Å². The third kappa shape index (κ3) is 3.50. The lowest BCUT2D eigenvalue weighted by atomic mass is 9.57. The number of hydrogen-bond acceptors (Lipinski definition) is 3. The SMILES string of the molecule is CCCNC1CC(OCCOC)C12CCCCCC2. The van der Waals surface area contributed by atoms with Crippen LogP contribution >= 0.6 is 0 Å². The summed E-state index contributed by atoms with van der Waals surface area (Å²) in [5, 5.41) is 3.77. The zero-order chi connectivity index (χ0) is 13.6. The van der Waals surface area contributed by atoms with Crippen molar-refractivity contribution >= 4 is 0 Å². The lowest BCUT2D eigenvalue weighted by molar-refractivity contribution is -0.149. The molecule has 112 valence electrons. The van der Waals surface area contributed by atoms with Crippen LogP contribution in [0.4, 0.5) is 0 Å². The molecule has 19 heavy (non-hydrogen) atoms. The van der Waals surface area contributed by atoms with Gasteiger partial charge in [-0.1, -0.05) is 32.6 Å². The maximum absolute atomic E-state index is 6.11. The van der Waals surface area contributed by atoms with Crippen LogP contribution in [0.5, 0.6) is 0 Å². The molecule has 0 aromatic carbocycles. The maximum Gasteiger partial charge on any atom is 0.0704 e. The van der Waals surface area contributed by atoms with Gasteiger partial charge in [-0.3, -0.25) is 0 Å². The number of rotatable bonds is 7. The van der Waals surface area contributed by atoms with Gasteiger partial charge in [-0.25, -0.2) is 0 Å². The number of nitrogens with one attached hydrogen (secondary N) is 1. The molecule has 0 saturated heterocycles. The normalized spacial score (nSPS) is 30.0. The van der Waals surface area contributed by atoms with E-state index in [-0.39, 0.29) is 0 Å². The van der Waals surface area contributed by atoms with E-state index in [1.165, 1.54) is 51.4 Å². The molecule has 2 atom stereocenters. The van der Waals surface area contributed by atoms with Crippen molar-refractivity contribution in [3.8, 4) is 0 Å². The van der Waals surface area contributed by atoms with Crippen LogP contribution in [0.1, 0.15) is 58.3 Å². The zero-order valence-electron chi connectivity index (χ0n) is 12.7. The first kappa shape index (κ1) is 15.3. The fraction of sp³-hybridized carbons (Fsp3) is 1.00. The Morgan fingerprint density at radius 3 is 2.47 bits per heavy atom. The van der Waals surface area contributed by atoms with Gasteiger partial charge in [0.15, 0.2) is 0 Å². The molecule has 2 unspecified atom stereocenters. The summed E-state index contributed by atoms with van der Waals surface area (Å²) < 4.78 is 11.2. The smallest absolute Gasteiger partial charge is 0.0704 e. The van der Waals surface area contributed by atoms with Crippen molar-refractivity contribution in [3.05, 3.63) is 0 Å². The van der Waals surface area contributed by atoms with Crippen molar-refractivity contribution in [2.75, 3.05) is 26.9 Å². The summed E-state index contributed by atoms with van der Waals surface area (Å²) in [6.45, 7) is 4.87. The number of methoxy groups -OCH3 is 1. The summed E-state index contributed by atoms with van der Waals surface area (Å²) in [7, 11) is 1.75. The topological polar surface area (TPSA) is 30.5 Å². The standard InChI is InChI=1S/C16H31NO2/c1-3-10-17-14-13-15(19-12-11-18-2)16(14)8-6-4-5-7-9-16/h14-15,17H,3-13H2,1-2H3. The van der Waals surface area contributed by atoms with Gasteiger partial charge in [0.25, 0.3) is 0 Å². The second kappa shape index (κ2) is 7.61. The zero-order valence-corrected chi connectivity index (χ0v) is 12.7. The summed E-state index contributed by atoms with van der Waals surface area (Å²) in [6, 6.07) is 0.693. The molecular formula is C16H31NO2. The van der Waals surface area contributed by atoms with Crippen LogP contribution in [0.15, 0.2) is 0 Å². The molecule has 3 nitrogen and oxygen atoms in total. The van der Waals surface area contributed by atoms with Crippen LogP contribution in [-0.2, 0) is 9.47 Å². The Bertz CT molecular complexity index is 249. The van der Waals surface area contributed by atoms with E-state index < -0.39 is 0 Å². The van der Waals surface area contributed by atoms with Crippen LogP contribution in [0.2, 0.25) is 0 Å². The third-order valence-electron chi connectivity index (χ3n) is 5.07. The first-order valence-corrected chi connectivity index (χ1v) is 8.17. The van der Waals surface area contributed by atoms with E-state index in [1.807, 2.05) is 0 Å². The molecule has 0 radical (unpaired) electrons. The van der Waals surface area contributed by atoms with Gasteiger partial charge in [0.1, 0.15) is 0 Å². The molecule has 2 saturated carbocycles. The second-order valence-electron chi connectivity index (χ2n) is 6.24. The average molecular weight is 269 g/mol. The Morgan fingerprint density at radius 1 is 1.11 bits per heavy atom. The van der Waals surface area contributed by atoms with Crippen LogP contribution in [0.25, 0.3) is 0 Å². The Balaban J connectivity index is 1.92. The Kier molecular flexibility index (Phi) is 6.11. The van der Waals surface area contributed by atoms with Gasteiger partial charge in [0, 0.05) is 18.6 Å². The molecule has 0 amide bonds. The molecule has 0 heterocycles. The van der Waals surface area contributed by atoms with Crippen LogP contribution in [0, 0.1) is 5.41 Å². The van der Waals surface area contributed by atoms with E-state index in [4.69, 9.17) is 9.47 Å². The molecular weight excluding hydrogens is 238 g/mol. The molecule has 0 aromatic heterocycles. The van der Waals surface area contributed by atoms with Gasteiger partial charge in [0.2, 0.25) is 0 Å². The van der Waals surface area contributed by atoms with Crippen molar-refractivity contribution in [3.63, 3.8) is 0 Å². The van der Waals surface area contributed by atoms with E-state index >= 15 is 0 Å². The van der Waals surface area contributed by atoms with Gasteiger partial charge >= 0.3 is 0 Å². The Labute approximate surface area is 118 Å². The Morgan fingerprint density at radius 2 is 1.84 bits per heavy atom. The van der Waals surface area contributed by atoms with Crippen molar-refractivity contribution in [1.82, 2.24) is 5.32 Å². The molecule has 3 heteroatoms. The summed E-state index contributed by atoms with van der Waals surface area (Å²) in [6.07, 6.45) is 11.2. The van der Waals surface area contributed by atoms with Gasteiger partial charge < -0.3 is 14.8 Å². The van der Waals surface area contributed by atoms with Crippen LogP contribution in [-0.4, -0.2) is 39.0 Å². The highest BCUT2D eigenvalue weighted by Gasteiger charge is 2.54. The van der Waals surface area contributed by atoms with E-state index in [0.717, 1.165) is 19.8 Å². The molecule has 2 aliphatic carbocycles. The summed E-state index contributed by atoms with van der Waals surface area (Å²) in [5.41, 5.74) is 0.430. The van der Waals surface area contributed by atoms with E-state index in [2.05, 4.69) is 12.2 Å². The molecule has 1 spiro atoms. The largest absolute Gasteiger partial charge is 0.382 e. The molecule has 2 rings (SSSR count). The van der Waals surface area contributed by atoms with Gasteiger partial charge in [-0.2, -0.15) is 0 Å². The summed E-state index contributed by atoms with van der Waals surface area (Å²) >= 11 is 0. The number of ether oxygens (including phenoxy) is 2. The minimum atomic E-state index is 0.430. The van der Waals surface area contributed by atoms with Crippen molar-refractivity contribution < 1.29 is 9.47 Å². The first-order chi connectivity index (χ1) is 9.33. The fourth-order valence-corrected chi connectivity index (χ4v) is 3.92. The molecule has 0 aromatic rings. The lowest BCUT2D eigenvalue weighted by Gasteiger charge is -2.56. The number of hydrogen-bond donors (Lipinski definition) is 1. The third-order valence-corrected chi connectivity index (χ3v) is 5.07. The van der Waals surface area contributed by atoms with Gasteiger partial charge in [0.05, 0.1) is 19.3 Å². The minimum absolute atomic E-state index is 0.430. The highest BCUT2D eigenvalue weighted by atomic mass is 16.5. The van der Waals surface area contributed by atoms with Crippen LogP contribution in [0.3, 0.4) is 0 Å². The highest BCUT2D eigenvalue weighted by molar-refractivity contribution is 5.08. The van der Waals surface area contributed by atoms with Crippen LogP contribution < -0.4 is 5.32 Å². The van der Waals surface area contributed by atoms with E-state index in [1.54, 1.807) is 7.11 Å². The van der Waals surface area contributed by atoms with Gasteiger partial charge in [-0.05, 0) is 32.2 Å². The van der Waals surface area contributed by atoms with Crippen molar-refractivity contribution in [2.24, 2.45) is 5.41 Å². The monoisotopic (exact) mass is 269 g/mol.